The normalized spacial score (nSPS) is 10.2. The van der Waals surface area contributed by atoms with Gasteiger partial charge in [0.15, 0.2) is 0 Å². The molecule has 2 aromatic rings. The second-order valence-electron chi connectivity index (χ2n) is 3.77. The summed E-state index contributed by atoms with van der Waals surface area (Å²) in [6.45, 7) is 1.48. The lowest BCUT2D eigenvalue weighted by Gasteiger charge is -2.04. The van der Waals surface area contributed by atoms with Gasteiger partial charge in [-0.3, -0.25) is 0 Å². The standard InChI is InChI=1S/C15H16O/c1-3-7-14(8-4-1)11-12-16-13-15-9-5-2-6-10-15/h1-10H,11-13H2. The van der Waals surface area contributed by atoms with Crippen LogP contribution in [0.25, 0.3) is 0 Å². The average Bonchev–Trinajstić information content (AvgIpc) is 2.37. The molecule has 0 amide bonds. The van der Waals surface area contributed by atoms with Crippen LogP contribution >= 0.6 is 0 Å². The van der Waals surface area contributed by atoms with E-state index in [1.165, 1.54) is 11.1 Å². The number of benzene rings is 2. The minimum atomic E-state index is 0.702. The summed E-state index contributed by atoms with van der Waals surface area (Å²) in [7, 11) is 0. The zero-order valence-electron chi connectivity index (χ0n) is 9.30. The molecule has 2 rings (SSSR count). The van der Waals surface area contributed by atoms with Gasteiger partial charge in [-0.1, -0.05) is 60.7 Å². The molecule has 0 heterocycles. The van der Waals surface area contributed by atoms with Crippen molar-refractivity contribution in [1.82, 2.24) is 0 Å². The van der Waals surface area contributed by atoms with Gasteiger partial charge in [0.05, 0.1) is 13.2 Å². The van der Waals surface area contributed by atoms with Gasteiger partial charge >= 0.3 is 0 Å². The van der Waals surface area contributed by atoms with Gasteiger partial charge in [-0.25, -0.2) is 0 Å². The first kappa shape index (κ1) is 10.9. The molecular formula is C15H16O. The quantitative estimate of drug-likeness (QED) is 0.690. The smallest absolute Gasteiger partial charge is 0.0717 e. The van der Waals surface area contributed by atoms with Crippen LogP contribution in [0.3, 0.4) is 0 Å². The van der Waals surface area contributed by atoms with Crippen LogP contribution in [0.1, 0.15) is 11.1 Å². The number of ether oxygens (including phenoxy) is 1. The van der Waals surface area contributed by atoms with E-state index in [9.17, 15) is 0 Å². The molecule has 0 aromatic heterocycles. The molecule has 2 aromatic carbocycles. The first-order valence-corrected chi connectivity index (χ1v) is 5.61. The van der Waals surface area contributed by atoms with E-state index >= 15 is 0 Å². The highest BCUT2D eigenvalue weighted by Gasteiger charge is 1.93. The fourth-order valence-corrected chi connectivity index (χ4v) is 1.60. The van der Waals surface area contributed by atoms with Crippen molar-refractivity contribution in [1.29, 1.82) is 0 Å². The Morgan fingerprint density at radius 3 is 1.88 bits per heavy atom. The molecule has 1 nitrogen and oxygen atoms in total. The predicted molar refractivity (Wildman–Crippen MR) is 66.2 cm³/mol. The minimum absolute atomic E-state index is 0.702. The van der Waals surface area contributed by atoms with Crippen molar-refractivity contribution in [2.45, 2.75) is 13.0 Å². The second-order valence-corrected chi connectivity index (χ2v) is 3.77. The highest BCUT2D eigenvalue weighted by Crippen LogP contribution is 2.03. The second kappa shape index (κ2) is 6.09. The number of hydrogen-bond acceptors (Lipinski definition) is 1. The average molecular weight is 212 g/mol. The predicted octanol–water partition coefficient (Wildman–Crippen LogP) is 3.45. The van der Waals surface area contributed by atoms with E-state index < -0.39 is 0 Å². The lowest BCUT2D eigenvalue weighted by Crippen LogP contribution is -1.98. The molecule has 1 heteroatoms. The molecule has 0 aliphatic carbocycles. The van der Waals surface area contributed by atoms with E-state index in [2.05, 4.69) is 36.4 Å². The summed E-state index contributed by atoms with van der Waals surface area (Å²) in [5.74, 6) is 0. The molecule has 0 saturated carbocycles. The Hall–Kier alpha value is -1.60. The molecule has 0 radical (unpaired) electrons. The molecule has 0 bridgehead atoms. The van der Waals surface area contributed by atoms with Crippen molar-refractivity contribution < 1.29 is 4.74 Å². The zero-order chi connectivity index (χ0) is 11.1. The van der Waals surface area contributed by atoms with Gasteiger partial charge in [0, 0.05) is 0 Å². The van der Waals surface area contributed by atoms with Crippen LogP contribution in [-0.2, 0) is 17.8 Å². The summed E-state index contributed by atoms with van der Waals surface area (Å²) >= 11 is 0. The lowest BCUT2D eigenvalue weighted by molar-refractivity contribution is 0.124. The van der Waals surface area contributed by atoms with Crippen molar-refractivity contribution in [3.8, 4) is 0 Å². The molecule has 0 fully saturated rings. The van der Waals surface area contributed by atoms with Crippen LogP contribution in [0.5, 0.6) is 0 Å². The third-order valence-electron chi connectivity index (χ3n) is 2.49. The Kier molecular flexibility index (Phi) is 4.15. The van der Waals surface area contributed by atoms with Crippen LogP contribution in [0, 0.1) is 0 Å². The van der Waals surface area contributed by atoms with Crippen molar-refractivity contribution in [2.24, 2.45) is 0 Å². The Balaban J connectivity index is 1.70. The molecule has 0 N–H and O–H groups in total. The maximum Gasteiger partial charge on any atom is 0.0717 e. The van der Waals surface area contributed by atoms with E-state index in [-0.39, 0.29) is 0 Å². The van der Waals surface area contributed by atoms with E-state index in [0.717, 1.165) is 13.0 Å². The summed E-state index contributed by atoms with van der Waals surface area (Å²) in [5.41, 5.74) is 2.56. The van der Waals surface area contributed by atoms with E-state index in [1.54, 1.807) is 0 Å². The fourth-order valence-electron chi connectivity index (χ4n) is 1.60. The van der Waals surface area contributed by atoms with Crippen LogP contribution < -0.4 is 0 Å². The molecule has 16 heavy (non-hydrogen) atoms. The molecule has 0 atom stereocenters. The highest BCUT2D eigenvalue weighted by molar-refractivity contribution is 5.15. The molecule has 0 aliphatic rings. The largest absolute Gasteiger partial charge is 0.376 e. The number of hydrogen-bond donors (Lipinski definition) is 0. The SMILES string of the molecule is c1ccc(CCOCc2ccccc2)cc1. The fraction of sp³-hybridized carbons (Fsp3) is 0.200. The molecule has 0 unspecified atom stereocenters. The van der Waals surface area contributed by atoms with Crippen molar-refractivity contribution >= 4 is 0 Å². The van der Waals surface area contributed by atoms with Gasteiger partial charge < -0.3 is 4.74 Å². The Morgan fingerprint density at radius 1 is 0.688 bits per heavy atom. The van der Waals surface area contributed by atoms with Gasteiger partial charge in [-0.05, 0) is 17.5 Å². The van der Waals surface area contributed by atoms with Crippen LogP contribution in [0.15, 0.2) is 60.7 Å². The summed E-state index contributed by atoms with van der Waals surface area (Å²) in [4.78, 5) is 0. The van der Waals surface area contributed by atoms with Crippen molar-refractivity contribution in [2.75, 3.05) is 6.61 Å². The first-order chi connectivity index (χ1) is 7.95. The van der Waals surface area contributed by atoms with Crippen LogP contribution in [0.4, 0.5) is 0 Å². The van der Waals surface area contributed by atoms with Crippen LogP contribution in [0.2, 0.25) is 0 Å². The Morgan fingerprint density at radius 2 is 1.25 bits per heavy atom. The van der Waals surface area contributed by atoms with Crippen molar-refractivity contribution in [3.63, 3.8) is 0 Å². The van der Waals surface area contributed by atoms with Gasteiger partial charge in [0.1, 0.15) is 0 Å². The molecule has 0 aliphatic heterocycles. The summed E-state index contributed by atoms with van der Waals surface area (Å²) in [6.07, 6.45) is 0.980. The topological polar surface area (TPSA) is 9.23 Å². The highest BCUT2D eigenvalue weighted by atomic mass is 16.5. The lowest BCUT2D eigenvalue weighted by atomic mass is 10.2. The Labute approximate surface area is 96.7 Å². The molecular weight excluding hydrogens is 196 g/mol. The monoisotopic (exact) mass is 212 g/mol. The van der Waals surface area contributed by atoms with Gasteiger partial charge in [0.25, 0.3) is 0 Å². The molecule has 0 spiro atoms. The van der Waals surface area contributed by atoms with Crippen molar-refractivity contribution in [3.05, 3.63) is 71.8 Å². The summed E-state index contributed by atoms with van der Waals surface area (Å²) in [6, 6.07) is 20.7. The maximum absolute atomic E-state index is 5.62. The Bertz CT molecular complexity index is 353. The third-order valence-corrected chi connectivity index (χ3v) is 2.49. The van der Waals surface area contributed by atoms with Gasteiger partial charge in [0.2, 0.25) is 0 Å². The molecule has 0 saturated heterocycles. The zero-order valence-corrected chi connectivity index (χ0v) is 9.30. The minimum Gasteiger partial charge on any atom is -0.376 e. The summed E-state index contributed by atoms with van der Waals surface area (Å²) in [5, 5.41) is 0. The maximum atomic E-state index is 5.62. The van der Waals surface area contributed by atoms with E-state index in [4.69, 9.17) is 4.74 Å². The van der Waals surface area contributed by atoms with Gasteiger partial charge in [-0.2, -0.15) is 0 Å². The first-order valence-electron chi connectivity index (χ1n) is 5.61. The molecule has 82 valence electrons. The van der Waals surface area contributed by atoms with Crippen LogP contribution in [-0.4, -0.2) is 6.61 Å². The van der Waals surface area contributed by atoms with E-state index in [1.807, 2.05) is 24.3 Å². The number of rotatable bonds is 5. The summed E-state index contributed by atoms with van der Waals surface area (Å²) < 4.78 is 5.62. The van der Waals surface area contributed by atoms with E-state index in [0.29, 0.717) is 6.61 Å². The van der Waals surface area contributed by atoms with Gasteiger partial charge in [-0.15, -0.1) is 0 Å². The third kappa shape index (κ3) is 3.52.